The number of nitrogens with one attached hydrogen (secondary N) is 2. The third kappa shape index (κ3) is 1.72. The molecule has 2 N–H and O–H groups in total. The van der Waals surface area contributed by atoms with Gasteiger partial charge in [0, 0.05) is 6.04 Å². The van der Waals surface area contributed by atoms with E-state index in [1.807, 2.05) is 6.20 Å². The van der Waals surface area contributed by atoms with Gasteiger partial charge in [-0.2, -0.15) is 0 Å². The maximum atomic E-state index is 3.37. The van der Waals surface area contributed by atoms with Crippen molar-refractivity contribution in [1.29, 1.82) is 0 Å². The number of hydrogen-bond acceptors (Lipinski definition) is 2. The van der Waals surface area contributed by atoms with Crippen molar-refractivity contribution in [2.75, 3.05) is 0 Å². The monoisotopic (exact) mass is 126 g/mol. The summed E-state index contributed by atoms with van der Waals surface area (Å²) in [6.07, 6.45) is 5.78. The Labute approximate surface area is 56.3 Å². The van der Waals surface area contributed by atoms with Crippen molar-refractivity contribution in [2.24, 2.45) is 0 Å². The van der Waals surface area contributed by atoms with Crippen LogP contribution in [0.1, 0.15) is 20.3 Å². The van der Waals surface area contributed by atoms with Crippen LogP contribution in [0.2, 0.25) is 0 Å². The molecular formula is C7H14N2. The lowest BCUT2D eigenvalue weighted by atomic mass is 10.2. The predicted molar refractivity (Wildman–Crippen MR) is 39.0 cm³/mol. The van der Waals surface area contributed by atoms with E-state index < -0.39 is 0 Å². The lowest BCUT2D eigenvalue weighted by Crippen LogP contribution is -2.45. The van der Waals surface area contributed by atoms with Gasteiger partial charge in [-0.3, -0.25) is 5.32 Å². The Morgan fingerprint density at radius 3 is 2.78 bits per heavy atom. The second kappa shape index (κ2) is 2.87. The van der Waals surface area contributed by atoms with Crippen LogP contribution >= 0.6 is 0 Å². The molecule has 2 unspecified atom stereocenters. The summed E-state index contributed by atoms with van der Waals surface area (Å²) in [4.78, 5) is 0. The largest absolute Gasteiger partial charge is 0.376 e. The first kappa shape index (κ1) is 6.62. The van der Waals surface area contributed by atoms with Crippen LogP contribution in [0, 0.1) is 0 Å². The Bertz CT molecular complexity index is 109. The summed E-state index contributed by atoms with van der Waals surface area (Å²) in [5.74, 6) is 0. The average molecular weight is 126 g/mol. The van der Waals surface area contributed by atoms with E-state index >= 15 is 0 Å². The topological polar surface area (TPSA) is 24.1 Å². The summed E-state index contributed by atoms with van der Waals surface area (Å²) in [7, 11) is 0. The third-order valence-electron chi connectivity index (χ3n) is 1.58. The highest BCUT2D eigenvalue weighted by atomic mass is 15.1. The van der Waals surface area contributed by atoms with Crippen molar-refractivity contribution in [2.45, 2.75) is 32.5 Å². The van der Waals surface area contributed by atoms with Gasteiger partial charge in [0.15, 0.2) is 0 Å². The number of rotatable bonds is 1. The van der Waals surface area contributed by atoms with Gasteiger partial charge in [0.25, 0.3) is 0 Å². The van der Waals surface area contributed by atoms with Crippen LogP contribution in [0.25, 0.3) is 0 Å². The molecule has 0 saturated carbocycles. The molecule has 52 valence electrons. The zero-order valence-corrected chi connectivity index (χ0v) is 6.02. The minimum absolute atomic E-state index is 0.431. The van der Waals surface area contributed by atoms with Gasteiger partial charge in [-0.15, -0.1) is 0 Å². The van der Waals surface area contributed by atoms with Crippen molar-refractivity contribution in [3.8, 4) is 0 Å². The van der Waals surface area contributed by atoms with Gasteiger partial charge in [-0.25, -0.2) is 0 Å². The second-order valence-electron chi connectivity index (χ2n) is 2.43. The fraction of sp³-hybridized carbons (Fsp3) is 0.714. The van der Waals surface area contributed by atoms with Crippen molar-refractivity contribution < 1.29 is 0 Å². The summed E-state index contributed by atoms with van der Waals surface area (Å²) >= 11 is 0. The lowest BCUT2D eigenvalue weighted by molar-refractivity contribution is 0.432. The van der Waals surface area contributed by atoms with Crippen LogP contribution in [-0.2, 0) is 0 Å². The fourth-order valence-electron chi connectivity index (χ4n) is 0.995. The van der Waals surface area contributed by atoms with Crippen molar-refractivity contribution in [1.82, 2.24) is 10.6 Å². The van der Waals surface area contributed by atoms with E-state index in [-0.39, 0.29) is 0 Å². The minimum atomic E-state index is 0.431. The predicted octanol–water partition coefficient (Wildman–Crippen LogP) is 0.817. The van der Waals surface area contributed by atoms with E-state index in [1.54, 1.807) is 0 Å². The molecule has 0 spiro atoms. The Morgan fingerprint density at radius 2 is 2.33 bits per heavy atom. The van der Waals surface area contributed by atoms with Crippen LogP contribution in [-0.4, -0.2) is 12.2 Å². The Hall–Kier alpha value is -0.500. The van der Waals surface area contributed by atoms with Gasteiger partial charge in [0.05, 0.1) is 6.17 Å². The number of hydrogen-bond donors (Lipinski definition) is 2. The average Bonchev–Trinajstić information content (AvgIpc) is 1.88. The van der Waals surface area contributed by atoms with Crippen molar-refractivity contribution >= 4 is 0 Å². The van der Waals surface area contributed by atoms with E-state index in [1.165, 1.54) is 6.42 Å². The summed E-state index contributed by atoms with van der Waals surface area (Å²) in [5.41, 5.74) is 0. The smallest absolute Gasteiger partial charge is 0.0738 e. The minimum Gasteiger partial charge on any atom is -0.376 e. The molecule has 0 saturated heterocycles. The van der Waals surface area contributed by atoms with Gasteiger partial charge >= 0.3 is 0 Å². The molecule has 0 aliphatic carbocycles. The molecular weight excluding hydrogens is 112 g/mol. The first-order valence-electron chi connectivity index (χ1n) is 3.51. The highest BCUT2D eigenvalue weighted by Crippen LogP contribution is 1.97. The summed E-state index contributed by atoms with van der Waals surface area (Å²) in [6.45, 7) is 4.30. The molecule has 0 radical (unpaired) electrons. The van der Waals surface area contributed by atoms with Crippen LogP contribution in [0.5, 0.6) is 0 Å². The van der Waals surface area contributed by atoms with E-state index in [0.29, 0.717) is 12.2 Å². The molecule has 1 aliphatic rings. The molecule has 0 aromatic carbocycles. The normalized spacial score (nSPS) is 34.0. The standard InChI is InChI=1S/C7H14N2/c1-3-7-4-5-8-6(2)9-7/h4-9H,3H2,1-2H3. The molecule has 0 fully saturated rings. The molecule has 2 nitrogen and oxygen atoms in total. The fourth-order valence-corrected chi connectivity index (χ4v) is 0.995. The highest BCUT2D eigenvalue weighted by molar-refractivity contribution is 4.97. The van der Waals surface area contributed by atoms with Gasteiger partial charge in [0.1, 0.15) is 0 Å². The van der Waals surface area contributed by atoms with Gasteiger partial charge in [-0.1, -0.05) is 13.0 Å². The molecule has 0 aromatic rings. The zero-order valence-electron chi connectivity index (χ0n) is 6.02. The quantitative estimate of drug-likeness (QED) is 0.543. The molecule has 1 aliphatic heterocycles. The second-order valence-corrected chi connectivity index (χ2v) is 2.43. The van der Waals surface area contributed by atoms with E-state index in [2.05, 4.69) is 30.6 Å². The molecule has 1 heterocycles. The lowest BCUT2D eigenvalue weighted by Gasteiger charge is -2.24. The van der Waals surface area contributed by atoms with Gasteiger partial charge in [0.2, 0.25) is 0 Å². The van der Waals surface area contributed by atoms with Crippen LogP contribution in [0.3, 0.4) is 0 Å². The first-order chi connectivity index (χ1) is 4.33. The summed E-state index contributed by atoms with van der Waals surface area (Å²) in [5, 5.41) is 6.52. The highest BCUT2D eigenvalue weighted by Gasteiger charge is 2.08. The molecule has 2 heteroatoms. The van der Waals surface area contributed by atoms with E-state index in [4.69, 9.17) is 0 Å². The maximum absolute atomic E-state index is 3.37. The molecule has 9 heavy (non-hydrogen) atoms. The molecule has 1 rings (SSSR count). The van der Waals surface area contributed by atoms with Crippen molar-refractivity contribution in [3.05, 3.63) is 12.3 Å². The van der Waals surface area contributed by atoms with Gasteiger partial charge in [-0.05, 0) is 19.5 Å². The molecule has 2 atom stereocenters. The van der Waals surface area contributed by atoms with Crippen LogP contribution < -0.4 is 10.6 Å². The van der Waals surface area contributed by atoms with Crippen LogP contribution in [0.15, 0.2) is 12.3 Å². The van der Waals surface area contributed by atoms with E-state index in [9.17, 15) is 0 Å². The Balaban J connectivity index is 2.39. The first-order valence-corrected chi connectivity index (χ1v) is 3.51. The molecule has 0 bridgehead atoms. The Kier molecular flexibility index (Phi) is 2.11. The molecule has 0 aromatic heterocycles. The van der Waals surface area contributed by atoms with Crippen molar-refractivity contribution in [3.63, 3.8) is 0 Å². The summed E-state index contributed by atoms with van der Waals surface area (Å²) in [6, 6.07) is 0.571. The van der Waals surface area contributed by atoms with E-state index in [0.717, 1.165) is 0 Å². The maximum Gasteiger partial charge on any atom is 0.0738 e. The Morgan fingerprint density at radius 1 is 1.56 bits per heavy atom. The molecule has 0 amide bonds. The zero-order chi connectivity index (χ0) is 6.69. The summed E-state index contributed by atoms with van der Waals surface area (Å²) < 4.78 is 0. The van der Waals surface area contributed by atoms with Crippen LogP contribution in [0.4, 0.5) is 0 Å². The van der Waals surface area contributed by atoms with Gasteiger partial charge < -0.3 is 5.32 Å². The third-order valence-corrected chi connectivity index (χ3v) is 1.58. The SMILES string of the molecule is CCC1C=CNC(C)N1.